The average molecular weight is 271 g/mol. The number of methoxy groups -OCH3 is 1. The number of carbonyl (C=O) groups is 2. The highest BCUT2D eigenvalue weighted by atomic mass is 35.5. The molecule has 0 amide bonds. The molecule has 0 atom stereocenters. The monoisotopic (exact) mass is 270 g/mol. The van der Waals surface area contributed by atoms with Gasteiger partial charge in [0.2, 0.25) is 0 Å². The lowest BCUT2D eigenvalue weighted by atomic mass is 10.1. The molecular weight excluding hydrogens is 256 g/mol. The second-order valence-electron chi connectivity index (χ2n) is 4.17. The first-order valence-electron chi connectivity index (χ1n) is 5.50. The van der Waals surface area contributed by atoms with Crippen molar-refractivity contribution in [2.75, 3.05) is 13.7 Å². The Balaban J connectivity index is 3.03. The van der Waals surface area contributed by atoms with Crippen LogP contribution in [0.5, 0.6) is 5.75 Å². The first-order valence-corrected chi connectivity index (χ1v) is 5.88. The number of benzene rings is 1. The number of Topliss-reactive ketones (excluding diaryl/α,β-unsaturated/α-hetero) is 1. The molecule has 98 valence electrons. The Bertz CT molecular complexity index is 454. The number of rotatable bonds is 5. The van der Waals surface area contributed by atoms with Gasteiger partial charge in [0.1, 0.15) is 5.75 Å². The van der Waals surface area contributed by atoms with Crippen LogP contribution < -0.4 is 4.74 Å². The van der Waals surface area contributed by atoms with Gasteiger partial charge >= 0.3 is 5.97 Å². The third kappa shape index (κ3) is 3.74. The van der Waals surface area contributed by atoms with Crippen molar-refractivity contribution in [3.8, 4) is 5.75 Å². The summed E-state index contributed by atoms with van der Waals surface area (Å²) in [7, 11) is 1.15. The minimum Gasteiger partial charge on any atom is -0.493 e. The van der Waals surface area contributed by atoms with Crippen LogP contribution in [0.25, 0.3) is 0 Å². The molecule has 0 saturated carbocycles. The van der Waals surface area contributed by atoms with Crippen molar-refractivity contribution >= 4 is 23.4 Å². The van der Waals surface area contributed by atoms with Crippen molar-refractivity contribution in [3.63, 3.8) is 0 Å². The molecular formula is C13H15ClO4. The van der Waals surface area contributed by atoms with Crippen molar-refractivity contribution in [2.24, 2.45) is 5.92 Å². The van der Waals surface area contributed by atoms with Crippen LogP contribution in [0.4, 0.5) is 0 Å². The number of hydrogen-bond acceptors (Lipinski definition) is 4. The standard InChI is InChI=1S/C13H15ClO4/c1-8(2)7-18-11-5-4-9(14)6-10(11)12(15)13(16)17-3/h4-6,8H,7H2,1-3H3. The van der Waals surface area contributed by atoms with Gasteiger partial charge < -0.3 is 9.47 Å². The molecule has 0 fully saturated rings. The van der Waals surface area contributed by atoms with Crippen molar-refractivity contribution in [1.29, 1.82) is 0 Å². The van der Waals surface area contributed by atoms with Gasteiger partial charge in [-0.1, -0.05) is 25.4 Å². The molecule has 0 bridgehead atoms. The van der Waals surface area contributed by atoms with E-state index in [0.717, 1.165) is 7.11 Å². The van der Waals surface area contributed by atoms with E-state index in [1.165, 1.54) is 6.07 Å². The van der Waals surface area contributed by atoms with Crippen molar-refractivity contribution in [3.05, 3.63) is 28.8 Å². The van der Waals surface area contributed by atoms with Gasteiger partial charge in [-0.15, -0.1) is 0 Å². The summed E-state index contributed by atoms with van der Waals surface area (Å²) >= 11 is 5.81. The first kappa shape index (κ1) is 14.5. The quantitative estimate of drug-likeness (QED) is 0.469. The summed E-state index contributed by atoms with van der Waals surface area (Å²) in [6, 6.07) is 4.57. The highest BCUT2D eigenvalue weighted by Crippen LogP contribution is 2.24. The molecule has 18 heavy (non-hydrogen) atoms. The summed E-state index contributed by atoms with van der Waals surface area (Å²) in [5, 5.41) is 0.360. The van der Waals surface area contributed by atoms with Crippen LogP contribution in [0.3, 0.4) is 0 Å². The van der Waals surface area contributed by atoms with Crippen molar-refractivity contribution in [2.45, 2.75) is 13.8 Å². The Labute approximate surface area is 111 Å². The van der Waals surface area contributed by atoms with Crippen LogP contribution in [0.15, 0.2) is 18.2 Å². The van der Waals surface area contributed by atoms with E-state index in [9.17, 15) is 9.59 Å². The molecule has 0 aliphatic heterocycles. The second-order valence-corrected chi connectivity index (χ2v) is 4.60. The van der Waals surface area contributed by atoms with E-state index in [1.807, 2.05) is 13.8 Å². The molecule has 0 N–H and O–H groups in total. The van der Waals surface area contributed by atoms with Gasteiger partial charge in [0.15, 0.2) is 0 Å². The van der Waals surface area contributed by atoms with E-state index in [-0.39, 0.29) is 5.56 Å². The minimum atomic E-state index is -0.938. The Kier molecular flexibility index (Phi) is 5.16. The molecule has 4 nitrogen and oxygen atoms in total. The summed E-state index contributed by atoms with van der Waals surface area (Å²) in [5.41, 5.74) is 0.120. The number of carbonyl (C=O) groups excluding carboxylic acids is 2. The van der Waals surface area contributed by atoms with E-state index < -0.39 is 11.8 Å². The van der Waals surface area contributed by atoms with Gasteiger partial charge in [-0.05, 0) is 24.1 Å². The summed E-state index contributed by atoms with van der Waals surface area (Å²) in [6.07, 6.45) is 0. The first-order chi connectivity index (χ1) is 8.45. The second kappa shape index (κ2) is 6.40. The third-order valence-corrected chi connectivity index (χ3v) is 2.36. The highest BCUT2D eigenvalue weighted by molar-refractivity contribution is 6.42. The fourth-order valence-electron chi connectivity index (χ4n) is 1.26. The van der Waals surface area contributed by atoms with Crippen LogP contribution in [0.2, 0.25) is 5.02 Å². The molecule has 1 aromatic rings. The molecule has 0 unspecified atom stereocenters. The van der Waals surface area contributed by atoms with Gasteiger partial charge in [0, 0.05) is 5.02 Å². The van der Waals surface area contributed by atoms with Gasteiger partial charge in [-0.25, -0.2) is 4.79 Å². The van der Waals surface area contributed by atoms with Gasteiger partial charge in [-0.3, -0.25) is 4.79 Å². The lowest BCUT2D eigenvalue weighted by Gasteiger charge is -2.12. The lowest BCUT2D eigenvalue weighted by molar-refractivity contribution is -0.135. The SMILES string of the molecule is COC(=O)C(=O)c1cc(Cl)ccc1OCC(C)C. The molecule has 0 aliphatic rings. The third-order valence-electron chi connectivity index (χ3n) is 2.13. The van der Waals surface area contributed by atoms with Crippen LogP contribution in [0, 0.1) is 5.92 Å². The van der Waals surface area contributed by atoms with Crippen LogP contribution >= 0.6 is 11.6 Å². The summed E-state index contributed by atoms with van der Waals surface area (Å²) < 4.78 is 9.88. The Morgan fingerprint density at radius 1 is 1.33 bits per heavy atom. The fourth-order valence-corrected chi connectivity index (χ4v) is 1.44. The smallest absolute Gasteiger partial charge is 0.379 e. The van der Waals surface area contributed by atoms with Crippen LogP contribution in [0.1, 0.15) is 24.2 Å². The zero-order chi connectivity index (χ0) is 13.7. The molecule has 0 heterocycles. The maximum atomic E-state index is 11.8. The maximum absolute atomic E-state index is 11.8. The lowest BCUT2D eigenvalue weighted by Crippen LogP contribution is -2.17. The Hall–Kier alpha value is -1.55. The molecule has 0 spiro atoms. The number of ether oxygens (including phenoxy) is 2. The zero-order valence-corrected chi connectivity index (χ0v) is 11.3. The molecule has 5 heteroatoms. The topological polar surface area (TPSA) is 52.6 Å². The zero-order valence-electron chi connectivity index (χ0n) is 10.5. The number of ketones is 1. The van der Waals surface area contributed by atoms with E-state index in [1.54, 1.807) is 12.1 Å². The summed E-state index contributed by atoms with van der Waals surface area (Å²) in [6.45, 7) is 4.42. The normalized spacial score (nSPS) is 10.3. The van der Waals surface area contributed by atoms with Crippen molar-refractivity contribution in [1.82, 2.24) is 0 Å². The molecule has 0 saturated heterocycles. The molecule has 0 aromatic heterocycles. The molecule has 0 aliphatic carbocycles. The van der Waals surface area contributed by atoms with Gasteiger partial charge in [0.25, 0.3) is 5.78 Å². The van der Waals surface area contributed by atoms with Gasteiger partial charge in [-0.2, -0.15) is 0 Å². The summed E-state index contributed by atoms with van der Waals surface area (Å²) in [5.74, 6) is -1.06. The molecule has 1 rings (SSSR count). The molecule has 0 radical (unpaired) electrons. The van der Waals surface area contributed by atoms with E-state index in [2.05, 4.69) is 4.74 Å². The van der Waals surface area contributed by atoms with E-state index in [4.69, 9.17) is 16.3 Å². The summed E-state index contributed by atoms with van der Waals surface area (Å²) in [4.78, 5) is 23.0. The Morgan fingerprint density at radius 3 is 2.56 bits per heavy atom. The number of halogens is 1. The van der Waals surface area contributed by atoms with Crippen LogP contribution in [-0.4, -0.2) is 25.5 Å². The van der Waals surface area contributed by atoms with E-state index in [0.29, 0.717) is 23.3 Å². The minimum absolute atomic E-state index is 0.120. The van der Waals surface area contributed by atoms with Crippen LogP contribution in [-0.2, 0) is 9.53 Å². The maximum Gasteiger partial charge on any atom is 0.379 e. The predicted octanol–water partition coefficient (Wildman–Crippen LogP) is 2.73. The van der Waals surface area contributed by atoms with Crippen molar-refractivity contribution < 1.29 is 19.1 Å². The molecule has 1 aromatic carbocycles. The highest BCUT2D eigenvalue weighted by Gasteiger charge is 2.21. The van der Waals surface area contributed by atoms with Gasteiger partial charge in [0.05, 0.1) is 19.3 Å². The largest absolute Gasteiger partial charge is 0.493 e. The Morgan fingerprint density at radius 2 is 2.00 bits per heavy atom. The number of hydrogen-bond donors (Lipinski definition) is 0. The predicted molar refractivity (Wildman–Crippen MR) is 68.1 cm³/mol. The fraction of sp³-hybridized carbons (Fsp3) is 0.385. The number of esters is 1. The van der Waals surface area contributed by atoms with E-state index >= 15 is 0 Å². The average Bonchev–Trinajstić information content (AvgIpc) is 2.35.